The fourth-order valence-electron chi connectivity index (χ4n) is 3.44. The van der Waals surface area contributed by atoms with Gasteiger partial charge in [0.05, 0.1) is 7.11 Å². The molecule has 1 aliphatic heterocycles. The molecule has 2 N–H and O–H groups in total. The highest BCUT2D eigenvalue weighted by molar-refractivity contribution is 5.38. The maximum atomic E-state index is 10.7. The van der Waals surface area contributed by atoms with Crippen LogP contribution in [-0.2, 0) is 4.74 Å². The van der Waals surface area contributed by atoms with Gasteiger partial charge in [0.1, 0.15) is 30.0 Å². The first-order valence-electron chi connectivity index (χ1n) is 8.97. The number of nitrogens with zero attached hydrogens (tertiary/aromatic N) is 1. The summed E-state index contributed by atoms with van der Waals surface area (Å²) < 4.78 is 11.0. The molecule has 0 amide bonds. The largest absolute Gasteiger partial charge is 0.508 e. The Labute approximate surface area is 149 Å². The Morgan fingerprint density at radius 3 is 2.52 bits per heavy atom. The fraction of sp³-hybridized carbons (Fsp3) is 0.500. The Balaban J connectivity index is 1.61. The topological polar surface area (TPSA) is 62.2 Å². The van der Waals surface area contributed by atoms with Crippen molar-refractivity contribution in [2.45, 2.75) is 31.3 Å². The van der Waals surface area contributed by atoms with Crippen LogP contribution in [0.1, 0.15) is 30.7 Å². The number of aliphatic hydroxyl groups is 2. The van der Waals surface area contributed by atoms with Crippen LogP contribution in [-0.4, -0.2) is 54.6 Å². The average molecular weight is 345 g/mol. The molecule has 0 bridgehead atoms. The summed E-state index contributed by atoms with van der Waals surface area (Å²) in [5.41, 5.74) is 0.907. The highest BCUT2D eigenvalue weighted by Crippen LogP contribution is 2.32. The second kappa shape index (κ2) is 8.41. The molecule has 1 aromatic rings. The summed E-state index contributed by atoms with van der Waals surface area (Å²) in [5.74, 6) is 0.980. The zero-order valence-corrected chi connectivity index (χ0v) is 14.7. The van der Waals surface area contributed by atoms with Crippen LogP contribution in [0.25, 0.3) is 0 Å². The summed E-state index contributed by atoms with van der Waals surface area (Å²) in [5, 5.41) is 20.7. The minimum Gasteiger partial charge on any atom is -0.508 e. The number of ether oxygens (including phenoxy) is 2. The Kier molecular flexibility index (Phi) is 6.00. The van der Waals surface area contributed by atoms with E-state index in [1.54, 1.807) is 13.2 Å². The van der Waals surface area contributed by atoms with Gasteiger partial charge in [0, 0.05) is 18.5 Å². The van der Waals surface area contributed by atoms with Crippen LogP contribution in [0.5, 0.6) is 5.75 Å². The molecule has 1 fully saturated rings. The minimum absolute atomic E-state index is 0.124. The molecular formula is C20H27NO4. The third-order valence-corrected chi connectivity index (χ3v) is 4.90. The second-order valence-electron chi connectivity index (χ2n) is 6.63. The van der Waals surface area contributed by atoms with Crippen molar-refractivity contribution in [1.29, 1.82) is 0 Å². The van der Waals surface area contributed by atoms with Gasteiger partial charge in [-0.1, -0.05) is 18.6 Å². The van der Waals surface area contributed by atoms with Gasteiger partial charge >= 0.3 is 0 Å². The van der Waals surface area contributed by atoms with E-state index in [1.165, 1.54) is 25.3 Å². The molecule has 0 spiro atoms. The molecule has 1 aromatic carbocycles. The monoisotopic (exact) mass is 345 g/mol. The lowest BCUT2D eigenvalue weighted by Crippen LogP contribution is -2.33. The number of piperidine rings is 1. The number of hydrogen-bond donors (Lipinski definition) is 2. The van der Waals surface area contributed by atoms with Crippen molar-refractivity contribution in [2.24, 2.45) is 0 Å². The molecule has 136 valence electrons. The minimum atomic E-state index is -0.800. The van der Waals surface area contributed by atoms with E-state index >= 15 is 0 Å². The number of rotatable bonds is 6. The molecule has 0 saturated carbocycles. The summed E-state index contributed by atoms with van der Waals surface area (Å²) in [6, 6.07) is 7.49. The molecule has 0 aromatic heterocycles. The van der Waals surface area contributed by atoms with Crippen molar-refractivity contribution < 1.29 is 19.7 Å². The van der Waals surface area contributed by atoms with Gasteiger partial charge in [0.2, 0.25) is 0 Å². The smallest absolute Gasteiger partial charge is 0.129 e. The van der Waals surface area contributed by atoms with Gasteiger partial charge in [-0.3, -0.25) is 4.90 Å². The van der Waals surface area contributed by atoms with Crippen LogP contribution in [0.3, 0.4) is 0 Å². The summed E-state index contributed by atoms with van der Waals surface area (Å²) >= 11 is 0. The van der Waals surface area contributed by atoms with Crippen LogP contribution in [0.4, 0.5) is 0 Å². The summed E-state index contributed by atoms with van der Waals surface area (Å²) in [6.45, 7) is 3.60. The molecule has 2 aliphatic rings. The van der Waals surface area contributed by atoms with Gasteiger partial charge < -0.3 is 19.7 Å². The van der Waals surface area contributed by atoms with Gasteiger partial charge in [-0.2, -0.15) is 0 Å². The lowest BCUT2D eigenvalue weighted by molar-refractivity contribution is 0.0729. The van der Waals surface area contributed by atoms with Crippen molar-refractivity contribution in [1.82, 2.24) is 4.90 Å². The van der Waals surface area contributed by atoms with E-state index in [0.717, 1.165) is 30.9 Å². The Hall–Kier alpha value is -1.98. The molecule has 1 aliphatic carbocycles. The van der Waals surface area contributed by atoms with Crippen molar-refractivity contribution in [3.8, 4) is 5.75 Å². The lowest BCUT2D eigenvalue weighted by atomic mass is 9.88. The maximum Gasteiger partial charge on any atom is 0.129 e. The summed E-state index contributed by atoms with van der Waals surface area (Å²) in [4.78, 5) is 2.38. The lowest BCUT2D eigenvalue weighted by Gasteiger charge is -2.29. The number of benzene rings is 1. The molecule has 2 atom stereocenters. The van der Waals surface area contributed by atoms with Crippen LogP contribution in [0.15, 0.2) is 47.9 Å². The fourth-order valence-corrected chi connectivity index (χ4v) is 3.44. The van der Waals surface area contributed by atoms with Gasteiger partial charge in [0.25, 0.3) is 0 Å². The zero-order chi connectivity index (χ0) is 17.6. The van der Waals surface area contributed by atoms with E-state index in [-0.39, 0.29) is 11.7 Å². The predicted molar refractivity (Wildman–Crippen MR) is 96.8 cm³/mol. The molecule has 0 radical (unpaired) electrons. The number of allylic oxidation sites excluding steroid dienone is 1. The van der Waals surface area contributed by atoms with E-state index in [0.29, 0.717) is 12.4 Å². The third-order valence-electron chi connectivity index (χ3n) is 4.90. The molecule has 1 saturated heterocycles. The third kappa shape index (κ3) is 4.55. The molecule has 5 heteroatoms. The maximum absolute atomic E-state index is 10.7. The highest BCUT2D eigenvalue weighted by atomic mass is 16.5. The molecule has 1 heterocycles. The van der Waals surface area contributed by atoms with E-state index < -0.39 is 6.10 Å². The highest BCUT2D eigenvalue weighted by Gasteiger charge is 2.28. The summed E-state index contributed by atoms with van der Waals surface area (Å²) in [7, 11) is 1.62. The van der Waals surface area contributed by atoms with Crippen molar-refractivity contribution >= 4 is 0 Å². The zero-order valence-electron chi connectivity index (χ0n) is 14.7. The van der Waals surface area contributed by atoms with Crippen LogP contribution in [0, 0.1) is 0 Å². The van der Waals surface area contributed by atoms with Gasteiger partial charge in [0.15, 0.2) is 0 Å². The summed E-state index contributed by atoms with van der Waals surface area (Å²) in [6.07, 6.45) is 6.17. The Bertz CT molecular complexity index is 617. The van der Waals surface area contributed by atoms with E-state index in [9.17, 15) is 10.2 Å². The van der Waals surface area contributed by atoms with Gasteiger partial charge in [-0.05, 0) is 49.7 Å². The molecule has 5 nitrogen and oxygen atoms in total. The second-order valence-corrected chi connectivity index (χ2v) is 6.63. The van der Waals surface area contributed by atoms with Crippen molar-refractivity contribution in [2.75, 3.05) is 33.4 Å². The van der Waals surface area contributed by atoms with Gasteiger partial charge in [-0.15, -0.1) is 0 Å². The first-order chi connectivity index (χ1) is 12.2. The average Bonchev–Trinajstić information content (AvgIpc) is 2.65. The Morgan fingerprint density at radius 2 is 1.84 bits per heavy atom. The van der Waals surface area contributed by atoms with Crippen LogP contribution >= 0.6 is 0 Å². The standard InChI is InChI=1S/C20H27NO4/c1-24-17-7-5-15(6-8-17)18-13-16(22)14-19(20(18)23)25-12-11-21-9-3-2-4-10-21/h5-8,13-14,18,20,22-23H,2-4,9-12H2,1H3. The van der Waals surface area contributed by atoms with E-state index in [4.69, 9.17) is 9.47 Å². The molecular weight excluding hydrogens is 318 g/mol. The molecule has 3 rings (SSSR count). The van der Waals surface area contributed by atoms with Crippen molar-refractivity contribution in [3.63, 3.8) is 0 Å². The van der Waals surface area contributed by atoms with E-state index in [1.807, 2.05) is 24.3 Å². The SMILES string of the molecule is COc1ccc(C2C=C(O)C=C(OCCN3CCCCC3)C2O)cc1. The first kappa shape index (κ1) is 17.8. The first-order valence-corrected chi connectivity index (χ1v) is 8.97. The quantitative estimate of drug-likeness (QED) is 0.830. The Morgan fingerprint density at radius 1 is 1.12 bits per heavy atom. The number of likely N-dealkylation sites (tertiary alicyclic amines) is 1. The molecule has 2 unspecified atom stereocenters. The molecule has 25 heavy (non-hydrogen) atoms. The number of hydrogen-bond acceptors (Lipinski definition) is 5. The van der Waals surface area contributed by atoms with Crippen molar-refractivity contribution in [3.05, 3.63) is 53.5 Å². The van der Waals surface area contributed by atoms with Crippen LogP contribution in [0.2, 0.25) is 0 Å². The van der Waals surface area contributed by atoms with Crippen LogP contribution < -0.4 is 4.74 Å². The van der Waals surface area contributed by atoms with E-state index in [2.05, 4.69) is 4.90 Å². The number of methoxy groups -OCH3 is 1. The normalized spacial score (nSPS) is 24.4. The van der Waals surface area contributed by atoms with Gasteiger partial charge in [-0.25, -0.2) is 0 Å². The number of aliphatic hydroxyl groups excluding tert-OH is 2. The predicted octanol–water partition coefficient (Wildman–Crippen LogP) is 2.98.